The molecule has 1 fully saturated rings. The Bertz CT molecular complexity index is 1350. The van der Waals surface area contributed by atoms with Gasteiger partial charge in [0.2, 0.25) is 0 Å². The van der Waals surface area contributed by atoms with Crippen LogP contribution in [0, 0.1) is 20.8 Å². The number of aryl methyl sites for hydroxylation is 3. The largest absolute Gasteiger partial charge is 0.482 e. The predicted octanol–water partition coefficient (Wildman–Crippen LogP) is 6.69. The molecule has 1 N–H and O–H groups in total. The van der Waals surface area contributed by atoms with Crippen LogP contribution in [0.25, 0.3) is 6.08 Å². The van der Waals surface area contributed by atoms with E-state index in [1.165, 1.54) is 11.8 Å². The molecule has 0 saturated carbocycles. The molecule has 1 aliphatic rings. The Hall–Kier alpha value is -3.13. The molecule has 178 valence electrons. The molecular formula is C27H23ClN2O3S2. The van der Waals surface area contributed by atoms with E-state index in [2.05, 4.69) is 5.32 Å². The van der Waals surface area contributed by atoms with E-state index in [0.29, 0.717) is 25.7 Å². The summed E-state index contributed by atoms with van der Waals surface area (Å²) < 4.78 is 6.07. The summed E-state index contributed by atoms with van der Waals surface area (Å²) in [7, 11) is 0. The third kappa shape index (κ3) is 5.93. The fourth-order valence-electron chi connectivity index (χ4n) is 3.58. The van der Waals surface area contributed by atoms with E-state index in [4.69, 9.17) is 28.6 Å². The number of anilines is 2. The lowest BCUT2D eigenvalue weighted by Gasteiger charge is -2.17. The van der Waals surface area contributed by atoms with Crippen LogP contribution in [0.4, 0.5) is 11.4 Å². The summed E-state index contributed by atoms with van der Waals surface area (Å²) in [6.07, 6.45) is 1.75. The third-order valence-electron chi connectivity index (χ3n) is 5.33. The van der Waals surface area contributed by atoms with Crippen LogP contribution in [0.5, 0.6) is 5.75 Å². The summed E-state index contributed by atoms with van der Waals surface area (Å²) >= 11 is 13.1. The van der Waals surface area contributed by atoms with Gasteiger partial charge in [0.15, 0.2) is 10.9 Å². The minimum absolute atomic E-state index is 0.170. The van der Waals surface area contributed by atoms with Crippen LogP contribution >= 0.6 is 35.6 Å². The summed E-state index contributed by atoms with van der Waals surface area (Å²) in [6.45, 7) is 5.77. The van der Waals surface area contributed by atoms with E-state index in [1.807, 2.05) is 63.2 Å². The highest BCUT2D eigenvalue weighted by molar-refractivity contribution is 8.27. The zero-order chi connectivity index (χ0) is 25.1. The van der Waals surface area contributed by atoms with Gasteiger partial charge in [-0.3, -0.25) is 14.5 Å². The molecule has 3 aromatic rings. The lowest BCUT2D eigenvalue weighted by atomic mass is 10.1. The standard InChI is InChI=1S/C27H23ClN2O3S2/c1-16-4-8-20(9-5-16)29-25(31)15-33-23-11-7-19(13-21(23)28)14-24-26(32)30(27(34)35-24)22-10-6-17(2)12-18(22)3/h4-14H,15H2,1-3H3,(H,29,31)/b24-14-. The van der Waals surface area contributed by atoms with Gasteiger partial charge in [0.05, 0.1) is 15.6 Å². The maximum atomic E-state index is 13.1. The predicted molar refractivity (Wildman–Crippen MR) is 148 cm³/mol. The average Bonchev–Trinajstić information content (AvgIpc) is 3.07. The van der Waals surface area contributed by atoms with Crippen LogP contribution in [0.3, 0.4) is 0 Å². The van der Waals surface area contributed by atoms with Crippen LogP contribution in [0.15, 0.2) is 65.6 Å². The van der Waals surface area contributed by atoms with Gasteiger partial charge in [-0.15, -0.1) is 0 Å². The molecule has 5 nitrogen and oxygen atoms in total. The van der Waals surface area contributed by atoms with Crippen molar-refractivity contribution < 1.29 is 14.3 Å². The number of thioether (sulfide) groups is 1. The Morgan fingerprint density at radius 2 is 1.77 bits per heavy atom. The third-order valence-corrected chi connectivity index (χ3v) is 6.93. The Kier molecular flexibility index (Phi) is 7.60. The molecule has 2 amide bonds. The number of carbonyl (C=O) groups excluding carboxylic acids is 2. The van der Waals surface area contributed by atoms with Gasteiger partial charge in [-0.1, -0.05) is 77.0 Å². The zero-order valence-electron chi connectivity index (χ0n) is 19.4. The minimum Gasteiger partial charge on any atom is -0.482 e. The summed E-state index contributed by atoms with van der Waals surface area (Å²) in [5, 5.41) is 3.12. The van der Waals surface area contributed by atoms with E-state index in [1.54, 1.807) is 29.2 Å². The molecule has 35 heavy (non-hydrogen) atoms. The maximum Gasteiger partial charge on any atom is 0.270 e. The Labute approximate surface area is 219 Å². The van der Waals surface area contributed by atoms with Crippen LogP contribution in [0.2, 0.25) is 5.02 Å². The van der Waals surface area contributed by atoms with Crippen molar-refractivity contribution in [3.05, 3.63) is 92.8 Å². The highest BCUT2D eigenvalue weighted by atomic mass is 35.5. The fraction of sp³-hybridized carbons (Fsp3) is 0.148. The lowest BCUT2D eigenvalue weighted by Crippen LogP contribution is -2.28. The zero-order valence-corrected chi connectivity index (χ0v) is 21.8. The van der Waals surface area contributed by atoms with Gasteiger partial charge < -0.3 is 10.1 Å². The van der Waals surface area contributed by atoms with Crippen molar-refractivity contribution >= 4 is 69.2 Å². The van der Waals surface area contributed by atoms with E-state index in [-0.39, 0.29) is 18.4 Å². The molecule has 0 aliphatic carbocycles. The summed E-state index contributed by atoms with van der Waals surface area (Å²) in [4.78, 5) is 27.4. The van der Waals surface area contributed by atoms with Crippen molar-refractivity contribution in [2.24, 2.45) is 0 Å². The number of halogens is 1. The van der Waals surface area contributed by atoms with Crippen molar-refractivity contribution in [3.8, 4) is 5.75 Å². The molecule has 0 aromatic heterocycles. The monoisotopic (exact) mass is 522 g/mol. The first-order valence-corrected chi connectivity index (χ1v) is 12.5. The lowest BCUT2D eigenvalue weighted by molar-refractivity contribution is -0.118. The number of hydrogen-bond acceptors (Lipinski definition) is 5. The van der Waals surface area contributed by atoms with Crippen molar-refractivity contribution in [2.45, 2.75) is 20.8 Å². The van der Waals surface area contributed by atoms with Gasteiger partial charge in [0.1, 0.15) is 5.75 Å². The molecule has 1 heterocycles. The Balaban J connectivity index is 1.43. The SMILES string of the molecule is Cc1ccc(NC(=O)COc2ccc(/C=C3\SC(=S)N(c4ccc(C)cc4C)C3=O)cc2Cl)cc1. The molecule has 1 saturated heterocycles. The number of hydrogen-bond donors (Lipinski definition) is 1. The Morgan fingerprint density at radius 1 is 1.06 bits per heavy atom. The van der Waals surface area contributed by atoms with Gasteiger partial charge in [0, 0.05) is 5.69 Å². The van der Waals surface area contributed by atoms with Gasteiger partial charge in [0.25, 0.3) is 11.8 Å². The molecule has 1 aliphatic heterocycles. The topological polar surface area (TPSA) is 58.6 Å². The van der Waals surface area contributed by atoms with Gasteiger partial charge >= 0.3 is 0 Å². The number of benzene rings is 3. The van der Waals surface area contributed by atoms with Crippen molar-refractivity contribution in [1.82, 2.24) is 0 Å². The second kappa shape index (κ2) is 10.6. The van der Waals surface area contributed by atoms with Gasteiger partial charge in [-0.05, 0) is 68.3 Å². The minimum atomic E-state index is -0.288. The first kappa shape index (κ1) is 25.0. The highest BCUT2D eigenvalue weighted by Crippen LogP contribution is 2.38. The average molecular weight is 523 g/mol. The van der Waals surface area contributed by atoms with E-state index in [9.17, 15) is 9.59 Å². The molecule has 0 bridgehead atoms. The molecule has 0 atom stereocenters. The number of ether oxygens (including phenoxy) is 1. The van der Waals surface area contributed by atoms with Gasteiger partial charge in [-0.25, -0.2) is 0 Å². The smallest absolute Gasteiger partial charge is 0.270 e. The summed E-state index contributed by atoms with van der Waals surface area (Å²) in [6, 6.07) is 18.6. The Morgan fingerprint density at radius 3 is 2.46 bits per heavy atom. The fourth-order valence-corrected chi connectivity index (χ4v) is 5.11. The number of rotatable bonds is 6. The molecule has 8 heteroatoms. The first-order valence-electron chi connectivity index (χ1n) is 10.9. The normalized spacial score (nSPS) is 14.5. The van der Waals surface area contributed by atoms with Crippen molar-refractivity contribution in [1.29, 1.82) is 0 Å². The quantitative estimate of drug-likeness (QED) is 0.289. The second-order valence-corrected chi connectivity index (χ2v) is 10.3. The van der Waals surface area contributed by atoms with Crippen LogP contribution in [0.1, 0.15) is 22.3 Å². The molecule has 4 rings (SSSR count). The van der Waals surface area contributed by atoms with Gasteiger partial charge in [-0.2, -0.15) is 0 Å². The van der Waals surface area contributed by atoms with Crippen LogP contribution < -0.4 is 15.0 Å². The number of amides is 2. The number of nitrogens with one attached hydrogen (secondary N) is 1. The molecule has 3 aromatic carbocycles. The molecular weight excluding hydrogens is 500 g/mol. The molecule has 0 spiro atoms. The highest BCUT2D eigenvalue weighted by Gasteiger charge is 2.34. The maximum absolute atomic E-state index is 13.1. The van der Waals surface area contributed by atoms with Crippen LogP contribution in [-0.2, 0) is 9.59 Å². The number of nitrogens with zero attached hydrogens (tertiary/aromatic N) is 1. The van der Waals surface area contributed by atoms with E-state index in [0.717, 1.165) is 27.9 Å². The second-order valence-electron chi connectivity index (χ2n) is 8.20. The molecule has 0 radical (unpaired) electrons. The van der Waals surface area contributed by atoms with Crippen LogP contribution in [-0.4, -0.2) is 22.7 Å². The van der Waals surface area contributed by atoms with E-state index >= 15 is 0 Å². The number of thiocarbonyl (C=S) groups is 1. The number of carbonyl (C=O) groups is 2. The summed E-state index contributed by atoms with van der Waals surface area (Å²) in [5.41, 5.74) is 5.43. The van der Waals surface area contributed by atoms with Crippen molar-refractivity contribution in [3.63, 3.8) is 0 Å². The molecule has 0 unspecified atom stereocenters. The summed E-state index contributed by atoms with van der Waals surface area (Å²) in [5.74, 6) is -0.0778. The van der Waals surface area contributed by atoms with Crippen molar-refractivity contribution in [2.75, 3.05) is 16.8 Å². The van der Waals surface area contributed by atoms with E-state index < -0.39 is 0 Å². The first-order chi connectivity index (χ1) is 16.7.